The van der Waals surface area contributed by atoms with E-state index < -0.39 is 0 Å². The third-order valence-corrected chi connectivity index (χ3v) is 4.07. The first kappa shape index (κ1) is 19.3. The van der Waals surface area contributed by atoms with E-state index >= 15 is 0 Å². The summed E-state index contributed by atoms with van der Waals surface area (Å²) in [5.41, 5.74) is 1.87. The van der Waals surface area contributed by atoms with Crippen LogP contribution in [0.5, 0.6) is 0 Å². The van der Waals surface area contributed by atoms with Crippen molar-refractivity contribution in [2.24, 2.45) is 5.10 Å². The molecule has 6 heteroatoms. The van der Waals surface area contributed by atoms with Crippen LogP contribution in [-0.4, -0.2) is 29.6 Å². The lowest BCUT2D eigenvalue weighted by molar-refractivity contribution is -0.116. The molecule has 0 heterocycles. The van der Waals surface area contributed by atoms with Crippen LogP contribution in [0.15, 0.2) is 90.0 Å². The third kappa shape index (κ3) is 5.53. The quantitative estimate of drug-likeness (QED) is 0.498. The number of carbonyl (C=O) groups excluding carboxylic acids is 2. The summed E-state index contributed by atoms with van der Waals surface area (Å²) in [4.78, 5) is 25.3. The van der Waals surface area contributed by atoms with E-state index in [9.17, 15) is 9.59 Å². The smallest absolute Gasteiger partial charge is 0.274 e. The number of hydrogen-bond acceptors (Lipinski definition) is 3. The largest absolute Gasteiger partial charge is 0.324 e. The maximum atomic E-state index is 12.8. The number of nitrogens with one attached hydrogen (secondary N) is 1. The van der Waals surface area contributed by atoms with E-state index in [-0.39, 0.29) is 18.4 Å². The van der Waals surface area contributed by atoms with Gasteiger partial charge in [0.05, 0.1) is 6.21 Å². The van der Waals surface area contributed by atoms with E-state index in [1.807, 2.05) is 36.4 Å². The maximum absolute atomic E-state index is 12.8. The van der Waals surface area contributed by atoms with Gasteiger partial charge in [0.2, 0.25) is 5.91 Å². The number of halogens is 1. The Labute approximate surface area is 168 Å². The van der Waals surface area contributed by atoms with Crippen LogP contribution in [0.3, 0.4) is 0 Å². The van der Waals surface area contributed by atoms with E-state index in [0.717, 1.165) is 10.6 Å². The minimum Gasteiger partial charge on any atom is -0.324 e. The number of carbonyl (C=O) groups is 2. The summed E-state index contributed by atoms with van der Waals surface area (Å²) < 4.78 is 0. The molecule has 0 saturated heterocycles. The van der Waals surface area contributed by atoms with Gasteiger partial charge in [-0.1, -0.05) is 60.1 Å². The van der Waals surface area contributed by atoms with Crippen molar-refractivity contribution in [3.8, 4) is 0 Å². The number of nitrogens with zero attached hydrogens (tertiary/aromatic N) is 2. The molecule has 0 atom stereocenters. The Balaban J connectivity index is 1.77. The molecule has 28 heavy (non-hydrogen) atoms. The van der Waals surface area contributed by atoms with Gasteiger partial charge in [-0.15, -0.1) is 0 Å². The number of hydrogen-bond donors (Lipinski definition) is 1. The number of rotatable bonds is 6. The summed E-state index contributed by atoms with van der Waals surface area (Å²) >= 11 is 5.86. The fraction of sp³-hybridized carbons (Fsp3) is 0.0455. The van der Waals surface area contributed by atoms with Gasteiger partial charge in [0.25, 0.3) is 5.91 Å². The number of anilines is 1. The second-order valence-corrected chi connectivity index (χ2v) is 6.38. The van der Waals surface area contributed by atoms with Crippen LogP contribution in [0.2, 0.25) is 5.02 Å². The molecule has 0 aromatic heterocycles. The molecule has 0 unspecified atom stereocenters. The van der Waals surface area contributed by atoms with Gasteiger partial charge in [0.1, 0.15) is 6.54 Å². The first-order valence-electron chi connectivity index (χ1n) is 8.63. The maximum Gasteiger partial charge on any atom is 0.274 e. The molecule has 0 aliphatic rings. The Bertz CT molecular complexity index is 958. The van der Waals surface area contributed by atoms with E-state index in [4.69, 9.17) is 11.6 Å². The predicted molar refractivity (Wildman–Crippen MR) is 112 cm³/mol. The molecule has 3 aromatic rings. The summed E-state index contributed by atoms with van der Waals surface area (Å²) in [5, 5.41) is 8.70. The van der Waals surface area contributed by atoms with Crippen molar-refractivity contribution in [2.75, 3.05) is 11.9 Å². The molecule has 140 valence electrons. The molecule has 5 nitrogen and oxygen atoms in total. The van der Waals surface area contributed by atoms with Crippen LogP contribution < -0.4 is 5.32 Å². The zero-order valence-corrected chi connectivity index (χ0v) is 15.7. The lowest BCUT2D eigenvalue weighted by Gasteiger charge is -2.17. The number of benzene rings is 3. The van der Waals surface area contributed by atoms with Crippen molar-refractivity contribution in [3.63, 3.8) is 0 Å². The van der Waals surface area contributed by atoms with Gasteiger partial charge < -0.3 is 5.32 Å². The summed E-state index contributed by atoms with van der Waals surface area (Å²) in [6, 6.07) is 24.8. The molecule has 0 aliphatic carbocycles. The monoisotopic (exact) mass is 391 g/mol. The zero-order chi connectivity index (χ0) is 19.8. The van der Waals surface area contributed by atoms with E-state index in [1.165, 1.54) is 0 Å². The highest BCUT2D eigenvalue weighted by molar-refractivity contribution is 6.30. The Kier molecular flexibility index (Phi) is 6.54. The van der Waals surface area contributed by atoms with Crippen LogP contribution in [0.25, 0.3) is 0 Å². The summed E-state index contributed by atoms with van der Waals surface area (Å²) in [6.45, 7) is -0.223. The predicted octanol–water partition coefficient (Wildman–Crippen LogP) is 4.46. The first-order valence-corrected chi connectivity index (χ1v) is 9.01. The normalized spacial score (nSPS) is 10.6. The van der Waals surface area contributed by atoms with Gasteiger partial charge in [0.15, 0.2) is 0 Å². The number of amides is 2. The van der Waals surface area contributed by atoms with Crippen molar-refractivity contribution < 1.29 is 9.59 Å². The van der Waals surface area contributed by atoms with Gasteiger partial charge >= 0.3 is 0 Å². The minimum atomic E-state index is -0.364. The Morgan fingerprint density at radius 3 is 2.14 bits per heavy atom. The van der Waals surface area contributed by atoms with Crippen molar-refractivity contribution in [1.82, 2.24) is 5.01 Å². The van der Waals surface area contributed by atoms with Gasteiger partial charge in [0, 0.05) is 16.3 Å². The summed E-state index contributed by atoms with van der Waals surface area (Å²) in [6.07, 6.45) is 1.55. The average molecular weight is 392 g/mol. The van der Waals surface area contributed by atoms with Gasteiger partial charge in [-0.25, -0.2) is 5.01 Å². The topological polar surface area (TPSA) is 61.8 Å². The average Bonchev–Trinajstić information content (AvgIpc) is 2.73. The van der Waals surface area contributed by atoms with Crippen molar-refractivity contribution in [2.45, 2.75) is 0 Å². The second kappa shape index (κ2) is 9.48. The standard InChI is InChI=1S/C22H18ClN3O2/c23-19-11-13-20(14-12-19)25-21(27)16-26(22(28)18-9-5-2-6-10-18)24-15-17-7-3-1-4-8-17/h1-15H,16H2,(H,25,27). The Hall–Kier alpha value is -3.44. The van der Waals surface area contributed by atoms with Crippen LogP contribution in [-0.2, 0) is 4.79 Å². The second-order valence-electron chi connectivity index (χ2n) is 5.94. The van der Waals surface area contributed by atoms with E-state index in [2.05, 4.69) is 10.4 Å². The Morgan fingerprint density at radius 2 is 1.50 bits per heavy atom. The molecule has 0 radical (unpaired) electrons. The Morgan fingerprint density at radius 1 is 0.893 bits per heavy atom. The highest BCUT2D eigenvalue weighted by atomic mass is 35.5. The fourth-order valence-corrected chi connectivity index (χ4v) is 2.57. The molecule has 3 aromatic carbocycles. The van der Waals surface area contributed by atoms with Crippen molar-refractivity contribution in [1.29, 1.82) is 0 Å². The SMILES string of the molecule is O=C(CN(N=Cc1ccccc1)C(=O)c1ccccc1)Nc1ccc(Cl)cc1. The minimum absolute atomic E-state index is 0.223. The lowest BCUT2D eigenvalue weighted by Crippen LogP contribution is -2.34. The molecule has 0 spiro atoms. The lowest BCUT2D eigenvalue weighted by atomic mass is 10.2. The van der Waals surface area contributed by atoms with Gasteiger partial charge in [-0.3, -0.25) is 9.59 Å². The molecule has 0 fully saturated rings. The first-order chi connectivity index (χ1) is 13.6. The highest BCUT2D eigenvalue weighted by Crippen LogP contribution is 2.13. The van der Waals surface area contributed by atoms with E-state index in [1.54, 1.807) is 54.7 Å². The van der Waals surface area contributed by atoms with Gasteiger partial charge in [-0.2, -0.15) is 5.10 Å². The summed E-state index contributed by atoms with van der Waals surface area (Å²) in [7, 11) is 0. The highest BCUT2D eigenvalue weighted by Gasteiger charge is 2.18. The van der Waals surface area contributed by atoms with Crippen LogP contribution in [0, 0.1) is 0 Å². The third-order valence-electron chi connectivity index (χ3n) is 3.82. The van der Waals surface area contributed by atoms with Crippen LogP contribution in [0.4, 0.5) is 5.69 Å². The molecule has 1 N–H and O–H groups in total. The molecule has 0 aliphatic heterocycles. The van der Waals surface area contributed by atoms with Gasteiger partial charge in [-0.05, 0) is 42.0 Å². The van der Waals surface area contributed by atoms with Crippen LogP contribution >= 0.6 is 11.6 Å². The molecular formula is C22H18ClN3O2. The molecule has 0 bridgehead atoms. The fourth-order valence-electron chi connectivity index (χ4n) is 2.44. The van der Waals surface area contributed by atoms with Crippen LogP contribution in [0.1, 0.15) is 15.9 Å². The van der Waals surface area contributed by atoms with E-state index in [0.29, 0.717) is 16.3 Å². The molecule has 2 amide bonds. The molecule has 3 rings (SSSR count). The zero-order valence-electron chi connectivity index (χ0n) is 15.0. The van der Waals surface area contributed by atoms with Crippen molar-refractivity contribution in [3.05, 3.63) is 101 Å². The summed E-state index contributed by atoms with van der Waals surface area (Å²) in [5.74, 6) is -0.726. The number of hydrazone groups is 1. The molecular weight excluding hydrogens is 374 g/mol. The molecule has 0 saturated carbocycles. The van der Waals surface area contributed by atoms with Crippen molar-refractivity contribution >= 4 is 35.3 Å².